The summed E-state index contributed by atoms with van der Waals surface area (Å²) >= 11 is 7.43. The highest BCUT2D eigenvalue weighted by Crippen LogP contribution is 2.22. The monoisotopic (exact) mass is 452 g/mol. The molecule has 1 aromatic carbocycles. The lowest BCUT2D eigenvalue weighted by Gasteiger charge is -2.05. The van der Waals surface area contributed by atoms with Gasteiger partial charge in [-0.3, -0.25) is 9.36 Å². The van der Waals surface area contributed by atoms with Crippen LogP contribution in [0.2, 0.25) is 5.02 Å². The minimum absolute atomic E-state index is 0.220. The first-order chi connectivity index (χ1) is 14.4. The molecule has 0 aliphatic rings. The maximum absolute atomic E-state index is 14.0. The van der Waals surface area contributed by atoms with E-state index in [1.807, 2.05) is 6.07 Å². The van der Waals surface area contributed by atoms with Crippen LogP contribution < -0.4 is 0 Å². The lowest BCUT2D eigenvalue weighted by Crippen LogP contribution is -2.04. The minimum Gasteiger partial charge on any atom is -0.268 e. The second kappa shape index (κ2) is 8.57. The van der Waals surface area contributed by atoms with Crippen LogP contribution in [0.3, 0.4) is 0 Å². The van der Waals surface area contributed by atoms with E-state index >= 15 is 0 Å². The Morgan fingerprint density at radius 3 is 2.63 bits per heavy atom. The van der Waals surface area contributed by atoms with Gasteiger partial charge in [-0.25, -0.2) is 13.2 Å². The highest BCUT2D eigenvalue weighted by atomic mass is 35.5. The van der Waals surface area contributed by atoms with Crippen LogP contribution in [0.4, 0.5) is 13.2 Å². The van der Waals surface area contributed by atoms with Gasteiger partial charge in [0.2, 0.25) is 0 Å². The molecule has 30 heavy (non-hydrogen) atoms. The first-order valence-corrected chi connectivity index (χ1v) is 10.2. The number of alkyl halides is 2. The molecule has 0 fully saturated rings. The standard InChI is InChI=1S/C19H16ClF3N6S/c1-11-7-16(19(22)23)27-29(11)10-18-25-24-17(30-18)8-12-5-6-28(26-12)9-13-14(20)3-2-4-15(13)21/h2-7,19H,8-10H2,1H3. The summed E-state index contributed by atoms with van der Waals surface area (Å²) in [5.41, 5.74) is 1.51. The first kappa shape index (κ1) is 20.5. The number of aryl methyl sites for hydroxylation is 1. The van der Waals surface area contributed by atoms with Gasteiger partial charge in [0.1, 0.15) is 21.5 Å². The molecular formula is C19H16ClF3N6S. The van der Waals surface area contributed by atoms with Crippen LogP contribution in [0.15, 0.2) is 36.5 Å². The lowest BCUT2D eigenvalue weighted by molar-refractivity contribution is 0.145. The maximum atomic E-state index is 14.0. The van der Waals surface area contributed by atoms with E-state index < -0.39 is 6.43 Å². The van der Waals surface area contributed by atoms with Gasteiger partial charge in [0.05, 0.1) is 18.8 Å². The van der Waals surface area contributed by atoms with Crippen molar-refractivity contribution >= 4 is 22.9 Å². The fourth-order valence-corrected chi connectivity index (χ4v) is 4.01. The summed E-state index contributed by atoms with van der Waals surface area (Å²) in [5, 5.41) is 18.4. The molecule has 0 amide bonds. The Balaban J connectivity index is 1.42. The summed E-state index contributed by atoms with van der Waals surface area (Å²) in [5.74, 6) is -0.378. The van der Waals surface area contributed by atoms with E-state index in [9.17, 15) is 13.2 Å². The fourth-order valence-electron chi connectivity index (χ4n) is 2.94. The van der Waals surface area contributed by atoms with Crippen LogP contribution in [-0.4, -0.2) is 29.8 Å². The van der Waals surface area contributed by atoms with Gasteiger partial charge in [0.15, 0.2) is 0 Å². The van der Waals surface area contributed by atoms with E-state index in [1.165, 1.54) is 28.2 Å². The van der Waals surface area contributed by atoms with Crippen LogP contribution in [0, 0.1) is 12.7 Å². The number of nitrogens with zero attached hydrogens (tertiary/aromatic N) is 6. The van der Waals surface area contributed by atoms with Gasteiger partial charge in [-0.2, -0.15) is 10.2 Å². The van der Waals surface area contributed by atoms with Crippen molar-refractivity contribution in [2.24, 2.45) is 0 Å². The number of hydrogen-bond acceptors (Lipinski definition) is 5. The van der Waals surface area contributed by atoms with Crippen LogP contribution in [0.1, 0.15) is 39.1 Å². The van der Waals surface area contributed by atoms with Gasteiger partial charge in [-0.05, 0) is 31.2 Å². The van der Waals surface area contributed by atoms with Gasteiger partial charge in [-0.15, -0.1) is 10.2 Å². The molecule has 3 aromatic heterocycles. The number of hydrogen-bond donors (Lipinski definition) is 0. The molecule has 4 aromatic rings. The smallest absolute Gasteiger partial charge is 0.268 e. The largest absolute Gasteiger partial charge is 0.282 e. The third kappa shape index (κ3) is 4.54. The zero-order valence-corrected chi connectivity index (χ0v) is 17.3. The van der Waals surface area contributed by atoms with E-state index in [2.05, 4.69) is 20.4 Å². The first-order valence-electron chi connectivity index (χ1n) is 8.98. The molecule has 156 valence electrons. The Labute approximate surface area is 178 Å². The Kier molecular flexibility index (Phi) is 5.87. The lowest BCUT2D eigenvalue weighted by atomic mass is 10.2. The molecule has 0 atom stereocenters. The average Bonchev–Trinajstić information content (AvgIpc) is 3.41. The van der Waals surface area contributed by atoms with Crippen LogP contribution >= 0.6 is 22.9 Å². The molecule has 0 saturated heterocycles. The summed E-state index contributed by atoms with van der Waals surface area (Å²) in [6, 6.07) is 7.74. The second-order valence-corrected chi connectivity index (χ2v) is 8.19. The van der Waals surface area contributed by atoms with Gasteiger partial charge >= 0.3 is 0 Å². The molecule has 6 nitrogen and oxygen atoms in total. The van der Waals surface area contributed by atoms with Crippen LogP contribution in [-0.2, 0) is 19.5 Å². The molecule has 0 unspecified atom stereocenters. The molecule has 0 saturated carbocycles. The van der Waals surface area contributed by atoms with Crippen molar-refractivity contribution in [3.63, 3.8) is 0 Å². The maximum Gasteiger partial charge on any atom is 0.282 e. The third-order valence-corrected chi connectivity index (χ3v) is 5.69. The molecule has 11 heteroatoms. The predicted octanol–water partition coefficient (Wildman–Crippen LogP) is 4.66. The summed E-state index contributed by atoms with van der Waals surface area (Å²) in [6.07, 6.45) is -0.404. The topological polar surface area (TPSA) is 61.4 Å². The summed E-state index contributed by atoms with van der Waals surface area (Å²) in [6.45, 7) is 2.21. The number of aromatic nitrogens is 6. The molecule has 0 bridgehead atoms. The van der Waals surface area contributed by atoms with Gasteiger partial charge in [0, 0.05) is 28.9 Å². The summed E-state index contributed by atoms with van der Waals surface area (Å²) in [4.78, 5) is 0. The van der Waals surface area contributed by atoms with Crippen LogP contribution in [0.25, 0.3) is 0 Å². The number of rotatable bonds is 7. The van der Waals surface area contributed by atoms with Crippen molar-refractivity contribution < 1.29 is 13.2 Å². The molecule has 0 N–H and O–H groups in total. The van der Waals surface area contributed by atoms with E-state index in [4.69, 9.17) is 11.6 Å². The van der Waals surface area contributed by atoms with E-state index in [1.54, 1.807) is 29.9 Å². The Morgan fingerprint density at radius 1 is 1.10 bits per heavy atom. The van der Waals surface area contributed by atoms with Gasteiger partial charge < -0.3 is 0 Å². The fraction of sp³-hybridized carbons (Fsp3) is 0.263. The van der Waals surface area contributed by atoms with Crippen molar-refractivity contribution in [1.29, 1.82) is 0 Å². The van der Waals surface area contributed by atoms with Crippen molar-refractivity contribution in [3.05, 3.63) is 80.0 Å². The molecule has 0 aliphatic heterocycles. The SMILES string of the molecule is Cc1cc(C(F)F)nn1Cc1nnc(Cc2ccn(Cc3c(F)cccc3Cl)n2)s1. The highest BCUT2D eigenvalue weighted by molar-refractivity contribution is 7.11. The second-order valence-electron chi connectivity index (χ2n) is 6.64. The molecule has 4 rings (SSSR count). The minimum atomic E-state index is -2.61. The third-order valence-electron chi connectivity index (χ3n) is 4.43. The number of benzene rings is 1. The summed E-state index contributed by atoms with van der Waals surface area (Å²) in [7, 11) is 0. The van der Waals surface area contributed by atoms with Crippen molar-refractivity contribution in [1.82, 2.24) is 29.8 Å². The van der Waals surface area contributed by atoms with Crippen molar-refractivity contribution in [2.45, 2.75) is 32.9 Å². The van der Waals surface area contributed by atoms with E-state index in [0.717, 1.165) is 10.7 Å². The summed E-state index contributed by atoms with van der Waals surface area (Å²) < 4.78 is 42.6. The predicted molar refractivity (Wildman–Crippen MR) is 106 cm³/mol. The molecular weight excluding hydrogens is 437 g/mol. The van der Waals surface area contributed by atoms with Crippen LogP contribution in [0.5, 0.6) is 0 Å². The zero-order valence-electron chi connectivity index (χ0n) is 15.8. The number of halogens is 4. The molecule has 0 spiro atoms. The zero-order chi connectivity index (χ0) is 21.3. The van der Waals surface area contributed by atoms with Crippen molar-refractivity contribution in [3.8, 4) is 0 Å². The van der Waals surface area contributed by atoms with E-state index in [0.29, 0.717) is 27.7 Å². The molecule has 3 heterocycles. The quantitative estimate of drug-likeness (QED) is 0.409. The Hall–Kier alpha value is -2.72. The Bertz CT molecular complexity index is 1150. The van der Waals surface area contributed by atoms with E-state index in [-0.39, 0.29) is 24.6 Å². The van der Waals surface area contributed by atoms with Gasteiger partial charge in [0.25, 0.3) is 6.43 Å². The molecule has 0 aliphatic carbocycles. The average molecular weight is 453 g/mol. The Morgan fingerprint density at radius 2 is 1.90 bits per heavy atom. The van der Waals surface area contributed by atoms with Crippen molar-refractivity contribution in [2.75, 3.05) is 0 Å². The highest BCUT2D eigenvalue weighted by Gasteiger charge is 2.15. The van der Waals surface area contributed by atoms with Gasteiger partial charge in [-0.1, -0.05) is 29.0 Å². The molecule has 0 radical (unpaired) electrons. The normalized spacial score (nSPS) is 11.5.